The maximum atomic E-state index is 12.4. The van der Waals surface area contributed by atoms with Crippen LogP contribution in [0, 0.1) is 18.3 Å². The molecule has 0 aliphatic carbocycles. The highest BCUT2D eigenvalue weighted by molar-refractivity contribution is 9.10. The van der Waals surface area contributed by atoms with Crippen LogP contribution in [0.3, 0.4) is 0 Å². The molecule has 1 amide bonds. The van der Waals surface area contributed by atoms with Gasteiger partial charge in [-0.05, 0) is 37.6 Å². The van der Waals surface area contributed by atoms with Crippen LogP contribution in [0.5, 0.6) is 0 Å². The molecule has 0 radical (unpaired) electrons. The predicted molar refractivity (Wildman–Crippen MR) is 83.0 cm³/mol. The molecule has 1 aromatic carbocycles. The van der Waals surface area contributed by atoms with Gasteiger partial charge in [-0.2, -0.15) is 15.5 Å². The minimum atomic E-state index is -0.292. The second-order valence-corrected chi connectivity index (χ2v) is 5.37. The van der Waals surface area contributed by atoms with Crippen LogP contribution in [0.4, 0.5) is 5.69 Å². The largest absolute Gasteiger partial charge is 0.321 e. The fourth-order valence-electron chi connectivity index (χ4n) is 1.88. The summed E-state index contributed by atoms with van der Waals surface area (Å²) >= 11 is 3.33. The zero-order chi connectivity index (χ0) is 15.4. The molecule has 2 rings (SSSR count). The Morgan fingerprint density at radius 1 is 1.38 bits per heavy atom. The zero-order valence-electron chi connectivity index (χ0n) is 11.6. The van der Waals surface area contributed by atoms with Gasteiger partial charge >= 0.3 is 0 Å². The number of carbonyl (C=O) groups excluding carboxylic acids is 1. The molecule has 0 aliphatic rings. The number of rotatable bonds is 3. The fraction of sp³-hybridized carbons (Fsp3) is 0.200. The van der Waals surface area contributed by atoms with E-state index in [1.165, 1.54) is 0 Å². The number of nitrogens with zero attached hydrogens (tertiary/aromatic N) is 3. The van der Waals surface area contributed by atoms with Gasteiger partial charge in [-0.25, -0.2) is 0 Å². The maximum absolute atomic E-state index is 12.4. The number of amides is 1. The number of aryl methyl sites for hydroxylation is 2. The van der Waals surface area contributed by atoms with E-state index in [2.05, 4.69) is 37.5 Å². The average Bonchev–Trinajstić information content (AvgIpc) is 2.47. The molecule has 6 heteroatoms. The highest BCUT2D eigenvalue weighted by Crippen LogP contribution is 2.22. The topological polar surface area (TPSA) is 78.7 Å². The summed E-state index contributed by atoms with van der Waals surface area (Å²) in [6, 6.07) is 8.86. The van der Waals surface area contributed by atoms with Crippen molar-refractivity contribution < 1.29 is 4.79 Å². The molecule has 1 N–H and O–H groups in total. The number of hydrogen-bond donors (Lipinski definition) is 1. The number of carbonyl (C=O) groups is 1. The standard InChI is InChI=1S/C15H13BrN4O/c1-3-13-12(6-9(2)19-20-13)15(21)18-14-7-11(16)5-4-10(14)8-17/h4-7H,3H2,1-2H3,(H,18,21). The van der Waals surface area contributed by atoms with Crippen LogP contribution < -0.4 is 5.32 Å². The lowest BCUT2D eigenvalue weighted by atomic mass is 10.1. The minimum absolute atomic E-state index is 0.292. The quantitative estimate of drug-likeness (QED) is 0.926. The Bertz CT molecular complexity index is 737. The first-order chi connectivity index (χ1) is 10.0. The number of hydrogen-bond acceptors (Lipinski definition) is 4. The first-order valence-corrected chi connectivity index (χ1v) is 7.18. The molecule has 21 heavy (non-hydrogen) atoms. The van der Waals surface area contributed by atoms with Gasteiger partial charge in [0.1, 0.15) is 6.07 Å². The van der Waals surface area contributed by atoms with E-state index in [0.717, 1.165) is 4.47 Å². The Labute approximate surface area is 131 Å². The van der Waals surface area contributed by atoms with Crippen molar-refractivity contribution in [1.29, 1.82) is 5.26 Å². The molecule has 0 atom stereocenters. The first-order valence-electron chi connectivity index (χ1n) is 6.39. The summed E-state index contributed by atoms with van der Waals surface area (Å²) in [7, 11) is 0. The summed E-state index contributed by atoms with van der Waals surface area (Å²) in [6.07, 6.45) is 0.611. The number of halogens is 1. The van der Waals surface area contributed by atoms with Crippen molar-refractivity contribution in [3.63, 3.8) is 0 Å². The Balaban J connectivity index is 2.37. The molecule has 0 saturated carbocycles. The van der Waals surface area contributed by atoms with Crippen LogP contribution in [0.2, 0.25) is 0 Å². The minimum Gasteiger partial charge on any atom is -0.321 e. The van der Waals surface area contributed by atoms with Gasteiger partial charge in [0, 0.05) is 4.47 Å². The Morgan fingerprint density at radius 3 is 2.81 bits per heavy atom. The van der Waals surface area contributed by atoms with Gasteiger partial charge in [-0.15, -0.1) is 0 Å². The van der Waals surface area contributed by atoms with Crippen molar-refractivity contribution >= 4 is 27.5 Å². The van der Waals surface area contributed by atoms with Crippen LogP contribution in [0.1, 0.15) is 34.2 Å². The molecule has 1 heterocycles. The Morgan fingerprint density at radius 2 is 2.14 bits per heavy atom. The monoisotopic (exact) mass is 344 g/mol. The maximum Gasteiger partial charge on any atom is 0.257 e. The van der Waals surface area contributed by atoms with E-state index in [0.29, 0.717) is 34.6 Å². The Hall–Kier alpha value is -2.26. The molecule has 0 spiro atoms. The van der Waals surface area contributed by atoms with Crippen molar-refractivity contribution in [3.8, 4) is 6.07 Å². The van der Waals surface area contributed by atoms with Gasteiger partial charge in [0.25, 0.3) is 5.91 Å². The molecule has 0 aliphatic heterocycles. The van der Waals surface area contributed by atoms with E-state index in [1.54, 1.807) is 31.2 Å². The van der Waals surface area contributed by atoms with Crippen molar-refractivity contribution in [3.05, 3.63) is 51.3 Å². The van der Waals surface area contributed by atoms with Crippen LogP contribution in [0.25, 0.3) is 0 Å². The summed E-state index contributed by atoms with van der Waals surface area (Å²) < 4.78 is 0.788. The highest BCUT2D eigenvalue weighted by atomic mass is 79.9. The third-order valence-corrected chi connectivity index (χ3v) is 3.42. The Kier molecular flexibility index (Phi) is 4.66. The SMILES string of the molecule is CCc1nnc(C)cc1C(=O)Nc1cc(Br)ccc1C#N. The summed E-state index contributed by atoms with van der Waals surface area (Å²) in [5, 5.41) is 19.9. The lowest BCUT2D eigenvalue weighted by Gasteiger charge is -2.10. The molecular weight excluding hydrogens is 332 g/mol. The summed E-state index contributed by atoms with van der Waals surface area (Å²) in [6.45, 7) is 3.69. The number of benzene rings is 1. The average molecular weight is 345 g/mol. The van der Waals surface area contributed by atoms with Crippen molar-refractivity contribution in [1.82, 2.24) is 10.2 Å². The van der Waals surface area contributed by atoms with Crippen LogP contribution in [0.15, 0.2) is 28.7 Å². The van der Waals surface area contributed by atoms with Gasteiger partial charge in [0.15, 0.2) is 0 Å². The van der Waals surface area contributed by atoms with Gasteiger partial charge in [0.05, 0.1) is 28.2 Å². The molecule has 0 saturated heterocycles. The van der Waals surface area contributed by atoms with E-state index in [4.69, 9.17) is 5.26 Å². The van der Waals surface area contributed by atoms with Crippen LogP contribution in [-0.4, -0.2) is 16.1 Å². The van der Waals surface area contributed by atoms with Crippen LogP contribution in [-0.2, 0) is 6.42 Å². The first kappa shape index (κ1) is 15.1. The van der Waals surface area contributed by atoms with E-state index in [9.17, 15) is 4.79 Å². The third-order valence-electron chi connectivity index (χ3n) is 2.92. The normalized spacial score (nSPS) is 10.0. The smallest absolute Gasteiger partial charge is 0.257 e. The molecule has 2 aromatic rings. The third kappa shape index (κ3) is 3.44. The van der Waals surface area contributed by atoms with Gasteiger partial charge < -0.3 is 5.32 Å². The number of aromatic nitrogens is 2. The fourth-order valence-corrected chi connectivity index (χ4v) is 2.24. The number of nitriles is 1. The van der Waals surface area contributed by atoms with Crippen LogP contribution >= 0.6 is 15.9 Å². The van der Waals surface area contributed by atoms with Gasteiger partial charge in [0.2, 0.25) is 0 Å². The lowest BCUT2D eigenvalue weighted by Crippen LogP contribution is -2.17. The molecule has 106 valence electrons. The number of anilines is 1. The molecular formula is C15H13BrN4O. The molecule has 1 aromatic heterocycles. The molecule has 0 bridgehead atoms. The lowest BCUT2D eigenvalue weighted by molar-refractivity contribution is 0.102. The van der Waals surface area contributed by atoms with Crippen molar-refractivity contribution in [2.75, 3.05) is 5.32 Å². The second-order valence-electron chi connectivity index (χ2n) is 4.46. The second kappa shape index (κ2) is 6.46. The van der Waals surface area contributed by atoms with E-state index >= 15 is 0 Å². The molecule has 0 unspecified atom stereocenters. The van der Waals surface area contributed by atoms with E-state index in [1.807, 2.05) is 6.92 Å². The summed E-state index contributed by atoms with van der Waals surface area (Å²) in [4.78, 5) is 12.4. The number of nitrogens with one attached hydrogen (secondary N) is 1. The highest BCUT2D eigenvalue weighted by Gasteiger charge is 2.15. The van der Waals surface area contributed by atoms with Gasteiger partial charge in [-0.3, -0.25) is 4.79 Å². The summed E-state index contributed by atoms with van der Waals surface area (Å²) in [5.41, 5.74) is 2.66. The zero-order valence-corrected chi connectivity index (χ0v) is 13.2. The molecule has 0 fully saturated rings. The van der Waals surface area contributed by atoms with E-state index in [-0.39, 0.29) is 5.91 Å². The van der Waals surface area contributed by atoms with Crippen molar-refractivity contribution in [2.45, 2.75) is 20.3 Å². The van der Waals surface area contributed by atoms with E-state index < -0.39 is 0 Å². The van der Waals surface area contributed by atoms with Gasteiger partial charge in [-0.1, -0.05) is 22.9 Å². The van der Waals surface area contributed by atoms with Crippen molar-refractivity contribution in [2.24, 2.45) is 0 Å². The summed E-state index contributed by atoms with van der Waals surface area (Å²) in [5.74, 6) is -0.292. The molecule has 5 nitrogen and oxygen atoms in total. The predicted octanol–water partition coefficient (Wildman–Crippen LogP) is 3.23.